The summed E-state index contributed by atoms with van der Waals surface area (Å²) in [6.07, 6.45) is 4.99. The summed E-state index contributed by atoms with van der Waals surface area (Å²) in [7, 11) is 0. The Morgan fingerprint density at radius 2 is 1.90 bits per heavy atom. The molecular weight excluding hydrogens is 360 g/mol. The van der Waals surface area contributed by atoms with Crippen molar-refractivity contribution in [2.45, 2.75) is 70.9 Å². The number of nitrogens with zero attached hydrogens (tertiary/aromatic N) is 1. The van der Waals surface area contributed by atoms with Crippen LogP contribution in [0.4, 0.5) is 0 Å². The van der Waals surface area contributed by atoms with E-state index in [0.717, 1.165) is 24.4 Å². The number of hydrogen-bond acceptors (Lipinski definition) is 4. The van der Waals surface area contributed by atoms with Gasteiger partial charge in [-0.15, -0.1) is 0 Å². The number of fused-ring (bicyclic) bond motifs is 1. The molecule has 1 fully saturated rings. The standard InChI is InChI=1S/C25H34N2O2/c1-18(2)29-25-10-9-19(12-22(25)17-28)15-26-23-8-5-11-27(16-23)24-13-20-6-3-4-7-21(20)14-24/h3-4,6-7,9-10,12,18,23-24,26,28H,5,8,11,13-17H2,1-2H3/t23-/m1/s1. The van der Waals surface area contributed by atoms with E-state index in [1.165, 1.54) is 48.9 Å². The molecule has 1 saturated heterocycles. The Balaban J connectivity index is 1.32. The fourth-order valence-corrected chi connectivity index (χ4v) is 4.80. The first-order valence-corrected chi connectivity index (χ1v) is 11.1. The first kappa shape index (κ1) is 20.4. The molecule has 2 aromatic rings. The third-order valence-corrected chi connectivity index (χ3v) is 6.25. The maximum Gasteiger partial charge on any atom is 0.125 e. The summed E-state index contributed by atoms with van der Waals surface area (Å²) < 4.78 is 5.80. The van der Waals surface area contributed by atoms with Gasteiger partial charge in [-0.2, -0.15) is 0 Å². The average Bonchev–Trinajstić information content (AvgIpc) is 3.17. The fourth-order valence-electron chi connectivity index (χ4n) is 4.80. The van der Waals surface area contributed by atoms with Crippen molar-refractivity contribution in [3.05, 3.63) is 64.7 Å². The molecule has 0 spiro atoms. The number of likely N-dealkylation sites (tertiary alicyclic amines) is 1. The van der Waals surface area contributed by atoms with Crippen molar-refractivity contribution in [3.63, 3.8) is 0 Å². The molecule has 1 aliphatic carbocycles. The topological polar surface area (TPSA) is 44.7 Å². The van der Waals surface area contributed by atoms with Gasteiger partial charge in [0.2, 0.25) is 0 Å². The molecule has 156 valence electrons. The molecule has 0 saturated carbocycles. The van der Waals surface area contributed by atoms with Crippen molar-refractivity contribution in [1.29, 1.82) is 0 Å². The van der Waals surface area contributed by atoms with Crippen molar-refractivity contribution in [1.82, 2.24) is 10.2 Å². The molecule has 2 aromatic carbocycles. The third kappa shape index (κ3) is 5.00. The quantitative estimate of drug-likeness (QED) is 0.752. The van der Waals surface area contributed by atoms with Crippen LogP contribution >= 0.6 is 0 Å². The molecule has 0 bridgehead atoms. The Bertz CT molecular complexity index is 795. The number of aliphatic hydroxyl groups excluding tert-OH is 1. The lowest BCUT2D eigenvalue weighted by Crippen LogP contribution is -2.49. The molecule has 1 heterocycles. The zero-order chi connectivity index (χ0) is 20.2. The van der Waals surface area contributed by atoms with Crippen LogP contribution in [-0.4, -0.2) is 41.3 Å². The van der Waals surface area contributed by atoms with Crippen molar-refractivity contribution < 1.29 is 9.84 Å². The molecule has 0 unspecified atom stereocenters. The lowest BCUT2D eigenvalue weighted by Gasteiger charge is -2.37. The van der Waals surface area contributed by atoms with E-state index in [1.54, 1.807) is 0 Å². The van der Waals surface area contributed by atoms with Crippen LogP contribution in [0.25, 0.3) is 0 Å². The highest BCUT2D eigenvalue weighted by Crippen LogP contribution is 2.27. The molecule has 1 atom stereocenters. The molecule has 29 heavy (non-hydrogen) atoms. The Morgan fingerprint density at radius 3 is 2.59 bits per heavy atom. The van der Waals surface area contributed by atoms with Crippen LogP contribution in [0.15, 0.2) is 42.5 Å². The minimum absolute atomic E-state index is 0.00926. The number of nitrogens with one attached hydrogen (secondary N) is 1. The number of rotatable bonds is 7. The van der Waals surface area contributed by atoms with E-state index in [4.69, 9.17) is 4.74 Å². The monoisotopic (exact) mass is 394 g/mol. The van der Waals surface area contributed by atoms with E-state index >= 15 is 0 Å². The van der Waals surface area contributed by atoms with Crippen molar-refractivity contribution in [2.75, 3.05) is 13.1 Å². The van der Waals surface area contributed by atoms with Crippen LogP contribution < -0.4 is 10.1 Å². The Morgan fingerprint density at radius 1 is 1.14 bits per heavy atom. The van der Waals surface area contributed by atoms with Gasteiger partial charge in [-0.05, 0) is 74.9 Å². The molecule has 0 radical (unpaired) electrons. The van der Waals surface area contributed by atoms with E-state index in [-0.39, 0.29) is 12.7 Å². The van der Waals surface area contributed by atoms with Crippen molar-refractivity contribution in [3.8, 4) is 5.75 Å². The number of aliphatic hydroxyl groups is 1. The zero-order valence-electron chi connectivity index (χ0n) is 17.7. The summed E-state index contributed by atoms with van der Waals surface area (Å²) in [6, 6.07) is 16.3. The maximum atomic E-state index is 9.70. The Hall–Kier alpha value is -1.88. The minimum Gasteiger partial charge on any atom is -0.491 e. The zero-order valence-corrected chi connectivity index (χ0v) is 17.7. The van der Waals surface area contributed by atoms with Gasteiger partial charge in [0.05, 0.1) is 12.7 Å². The van der Waals surface area contributed by atoms with E-state index in [9.17, 15) is 5.11 Å². The summed E-state index contributed by atoms with van der Waals surface area (Å²) in [4.78, 5) is 2.69. The molecule has 4 rings (SSSR count). The predicted molar refractivity (Wildman–Crippen MR) is 117 cm³/mol. The van der Waals surface area contributed by atoms with Crippen LogP contribution in [0, 0.1) is 0 Å². The number of ether oxygens (including phenoxy) is 1. The van der Waals surface area contributed by atoms with Gasteiger partial charge in [0.15, 0.2) is 0 Å². The Labute approximate surface area is 174 Å². The number of piperidine rings is 1. The van der Waals surface area contributed by atoms with Gasteiger partial charge in [0.25, 0.3) is 0 Å². The molecule has 0 aromatic heterocycles. The van der Waals surface area contributed by atoms with E-state index in [2.05, 4.69) is 46.6 Å². The average molecular weight is 395 g/mol. The van der Waals surface area contributed by atoms with Gasteiger partial charge in [0.1, 0.15) is 5.75 Å². The highest BCUT2D eigenvalue weighted by Gasteiger charge is 2.30. The first-order chi connectivity index (χ1) is 14.1. The van der Waals surface area contributed by atoms with Gasteiger partial charge in [-0.1, -0.05) is 30.3 Å². The second-order valence-electron chi connectivity index (χ2n) is 8.81. The van der Waals surface area contributed by atoms with Crippen LogP contribution in [-0.2, 0) is 26.0 Å². The predicted octanol–water partition coefficient (Wildman–Crippen LogP) is 3.69. The molecule has 0 amide bonds. The minimum atomic E-state index is 0.00926. The van der Waals surface area contributed by atoms with Gasteiger partial charge < -0.3 is 15.2 Å². The van der Waals surface area contributed by atoms with Crippen LogP contribution in [0.2, 0.25) is 0 Å². The highest BCUT2D eigenvalue weighted by atomic mass is 16.5. The van der Waals surface area contributed by atoms with Gasteiger partial charge in [0, 0.05) is 30.7 Å². The van der Waals surface area contributed by atoms with Gasteiger partial charge in [-0.25, -0.2) is 0 Å². The molecule has 4 nitrogen and oxygen atoms in total. The SMILES string of the molecule is CC(C)Oc1ccc(CN[C@@H]2CCCN(C3Cc4ccccc4C3)C2)cc1CO. The summed E-state index contributed by atoms with van der Waals surface area (Å²) >= 11 is 0. The molecule has 2 N–H and O–H groups in total. The maximum absolute atomic E-state index is 9.70. The van der Waals surface area contributed by atoms with Crippen molar-refractivity contribution in [2.24, 2.45) is 0 Å². The summed E-state index contributed by atoms with van der Waals surface area (Å²) in [5, 5.41) is 13.5. The normalized spacial score (nSPS) is 20.2. The van der Waals surface area contributed by atoms with Crippen molar-refractivity contribution >= 4 is 0 Å². The summed E-state index contributed by atoms with van der Waals surface area (Å²) in [6.45, 7) is 7.20. The molecule has 4 heteroatoms. The van der Waals surface area contributed by atoms with E-state index < -0.39 is 0 Å². The molecule has 1 aliphatic heterocycles. The highest BCUT2D eigenvalue weighted by molar-refractivity contribution is 5.37. The van der Waals surface area contributed by atoms with Crippen LogP contribution in [0.1, 0.15) is 48.9 Å². The smallest absolute Gasteiger partial charge is 0.125 e. The van der Waals surface area contributed by atoms with Crippen LogP contribution in [0.5, 0.6) is 5.75 Å². The van der Waals surface area contributed by atoms with Crippen LogP contribution in [0.3, 0.4) is 0 Å². The molecular formula is C25H34N2O2. The Kier molecular flexibility index (Phi) is 6.53. The summed E-state index contributed by atoms with van der Waals surface area (Å²) in [5.41, 5.74) is 5.14. The lowest BCUT2D eigenvalue weighted by molar-refractivity contribution is 0.140. The second kappa shape index (κ2) is 9.29. The summed E-state index contributed by atoms with van der Waals surface area (Å²) in [5.74, 6) is 0.788. The van der Waals surface area contributed by atoms with E-state index in [1.807, 2.05) is 19.9 Å². The molecule has 2 aliphatic rings. The second-order valence-corrected chi connectivity index (χ2v) is 8.81. The lowest BCUT2D eigenvalue weighted by atomic mass is 10.0. The largest absolute Gasteiger partial charge is 0.491 e. The first-order valence-electron chi connectivity index (χ1n) is 11.1. The van der Waals surface area contributed by atoms with E-state index in [0.29, 0.717) is 12.1 Å². The van der Waals surface area contributed by atoms with Gasteiger partial charge in [-0.3, -0.25) is 4.90 Å². The number of hydrogen-bond donors (Lipinski definition) is 2. The number of benzene rings is 2. The third-order valence-electron chi connectivity index (χ3n) is 6.25. The fraction of sp³-hybridized carbons (Fsp3) is 0.520. The van der Waals surface area contributed by atoms with Gasteiger partial charge >= 0.3 is 0 Å².